The molecule has 0 radical (unpaired) electrons. The van der Waals surface area contributed by atoms with Crippen LogP contribution in [0.5, 0.6) is 0 Å². The first-order chi connectivity index (χ1) is 14.3. The van der Waals surface area contributed by atoms with E-state index in [2.05, 4.69) is 5.32 Å². The predicted octanol–water partition coefficient (Wildman–Crippen LogP) is 1.01. The number of fused-ring (bicyclic) bond motifs is 1. The SMILES string of the molecule is CN(C)c1ccc(Cl)cc1NC(=O)[C@H]1[C@@H]2CC[C@@]3(CN(CCN)C(=O)[C@@H]13)O2.O=CO. The van der Waals surface area contributed by atoms with Crippen molar-refractivity contribution in [3.63, 3.8) is 0 Å². The summed E-state index contributed by atoms with van der Waals surface area (Å²) in [6.45, 7) is 1.19. The molecule has 4 atom stereocenters. The molecular weight excluding hydrogens is 412 g/mol. The van der Waals surface area contributed by atoms with Crippen molar-refractivity contribution < 1.29 is 24.2 Å². The third kappa shape index (κ3) is 3.84. The second-order valence-corrected chi connectivity index (χ2v) is 8.40. The third-order valence-corrected chi connectivity index (χ3v) is 6.24. The molecule has 4 N–H and O–H groups in total. The molecule has 1 aromatic carbocycles. The molecule has 3 aliphatic rings. The molecule has 9 nitrogen and oxygen atoms in total. The van der Waals surface area contributed by atoms with Crippen molar-refractivity contribution in [1.82, 2.24) is 4.90 Å². The summed E-state index contributed by atoms with van der Waals surface area (Å²) in [5.41, 5.74) is 6.60. The summed E-state index contributed by atoms with van der Waals surface area (Å²) in [5.74, 6) is -1.10. The molecule has 3 aliphatic heterocycles. The Balaban J connectivity index is 0.000000806. The molecule has 0 unspecified atom stereocenters. The van der Waals surface area contributed by atoms with Crippen molar-refractivity contribution in [1.29, 1.82) is 0 Å². The molecule has 10 heteroatoms. The van der Waals surface area contributed by atoms with Crippen LogP contribution in [0.4, 0.5) is 11.4 Å². The molecule has 2 amide bonds. The van der Waals surface area contributed by atoms with Crippen LogP contribution in [-0.2, 0) is 19.1 Å². The number of hydrogen-bond donors (Lipinski definition) is 3. The van der Waals surface area contributed by atoms with Crippen LogP contribution in [-0.4, -0.2) is 73.7 Å². The zero-order chi connectivity index (χ0) is 22.1. The molecule has 4 rings (SSSR count). The van der Waals surface area contributed by atoms with Gasteiger partial charge in [0, 0.05) is 32.2 Å². The highest BCUT2D eigenvalue weighted by Crippen LogP contribution is 2.55. The number of hydrogen-bond acceptors (Lipinski definition) is 6. The highest BCUT2D eigenvalue weighted by Gasteiger charge is 2.68. The number of ether oxygens (including phenoxy) is 1. The van der Waals surface area contributed by atoms with Crippen molar-refractivity contribution in [3.8, 4) is 0 Å². The highest BCUT2D eigenvalue weighted by atomic mass is 35.5. The van der Waals surface area contributed by atoms with Gasteiger partial charge < -0.3 is 30.7 Å². The number of carboxylic acid groups (broad SMARTS) is 1. The van der Waals surface area contributed by atoms with E-state index < -0.39 is 17.4 Å². The molecule has 3 saturated heterocycles. The largest absolute Gasteiger partial charge is 0.483 e. The predicted molar refractivity (Wildman–Crippen MR) is 113 cm³/mol. The van der Waals surface area contributed by atoms with Gasteiger partial charge in [0.15, 0.2) is 0 Å². The molecular formula is C20H27ClN4O5. The standard InChI is InChI=1S/C19H25ClN4O3.CH2O2/c1-23(2)13-4-3-11(20)9-12(13)22-17(25)15-14-5-6-19(27-14)10-24(8-7-21)18(26)16(15)19;2-1-3/h3-4,9,14-16H,5-8,10,21H2,1-2H3,(H,22,25);1H,(H,2,3)/t14-,15-,16+,19-;/m0./s1. The first-order valence-corrected chi connectivity index (χ1v) is 10.2. The normalized spacial score (nSPS) is 28.6. The van der Waals surface area contributed by atoms with Crippen LogP contribution in [0.3, 0.4) is 0 Å². The number of carbonyl (C=O) groups is 3. The Morgan fingerprint density at radius 2 is 2.20 bits per heavy atom. The van der Waals surface area contributed by atoms with E-state index >= 15 is 0 Å². The second-order valence-electron chi connectivity index (χ2n) is 7.96. The van der Waals surface area contributed by atoms with Gasteiger partial charge in [-0.3, -0.25) is 14.4 Å². The van der Waals surface area contributed by atoms with Crippen LogP contribution >= 0.6 is 11.6 Å². The van der Waals surface area contributed by atoms with E-state index in [9.17, 15) is 9.59 Å². The fraction of sp³-hybridized carbons (Fsp3) is 0.550. The molecule has 30 heavy (non-hydrogen) atoms. The van der Waals surface area contributed by atoms with Gasteiger partial charge in [0.1, 0.15) is 0 Å². The lowest BCUT2D eigenvalue weighted by atomic mass is 9.73. The van der Waals surface area contributed by atoms with Gasteiger partial charge in [-0.05, 0) is 31.0 Å². The lowest BCUT2D eigenvalue weighted by Crippen LogP contribution is -2.43. The van der Waals surface area contributed by atoms with Crippen LogP contribution in [0.1, 0.15) is 12.8 Å². The number of anilines is 2. The van der Waals surface area contributed by atoms with Gasteiger partial charge in [0.2, 0.25) is 11.8 Å². The first-order valence-electron chi connectivity index (χ1n) is 9.80. The number of nitrogens with one attached hydrogen (secondary N) is 1. The quantitative estimate of drug-likeness (QED) is 0.586. The fourth-order valence-corrected chi connectivity index (χ4v) is 5.07. The van der Waals surface area contributed by atoms with E-state index in [4.69, 9.17) is 32.0 Å². The highest BCUT2D eigenvalue weighted by molar-refractivity contribution is 6.31. The Morgan fingerprint density at radius 1 is 1.50 bits per heavy atom. The molecule has 3 heterocycles. The smallest absolute Gasteiger partial charge is 0.290 e. The van der Waals surface area contributed by atoms with Gasteiger partial charge in [-0.2, -0.15) is 0 Å². The van der Waals surface area contributed by atoms with Crippen molar-refractivity contribution in [2.75, 3.05) is 43.9 Å². The maximum atomic E-state index is 13.2. The topological polar surface area (TPSA) is 125 Å². The molecule has 164 valence electrons. The Bertz CT molecular complexity index is 835. The minimum Gasteiger partial charge on any atom is -0.483 e. The third-order valence-electron chi connectivity index (χ3n) is 6.00. The minimum absolute atomic E-state index is 0.0123. The molecule has 0 saturated carbocycles. The van der Waals surface area contributed by atoms with Crippen molar-refractivity contribution >= 4 is 41.3 Å². The first kappa shape index (κ1) is 22.3. The van der Waals surface area contributed by atoms with Gasteiger partial charge in [-0.15, -0.1) is 0 Å². The molecule has 0 aliphatic carbocycles. The summed E-state index contributed by atoms with van der Waals surface area (Å²) in [4.78, 5) is 38.2. The van der Waals surface area contributed by atoms with Gasteiger partial charge in [-0.1, -0.05) is 11.6 Å². The van der Waals surface area contributed by atoms with Gasteiger partial charge >= 0.3 is 0 Å². The maximum absolute atomic E-state index is 13.2. The Labute approximate surface area is 180 Å². The maximum Gasteiger partial charge on any atom is 0.290 e. The number of amides is 2. The van der Waals surface area contributed by atoms with Crippen molar-refractivity contribution in [2.24, 2.45) is 17.6 Å². The van der Waals surface area contributed by atoms with Crippen LogP contribution in [0.25, 0.3) is 0 Å². The zero-order valence-electron chi connectivity index (χ0n) is 17.0. The van der Waals surface area contributed by atoms with Crippen LogP contribution in [0, 0.1) is 11.8 Å². The molecule has 2 bridgehead atoms. The van der Waals surface area contributed by atoms with Crippen LogP contribution in [0.15, 0.2) is 18.2 Å². The number of halogens is 1. The van der Waals surface area contributed by atoms with E-state index in [1.54, 1.807) is 17.0 Å². The number of carbonyl (C=O) groups excluding carboxylic acids is 2. The lowest BCUT2D eigenvalue weighted by Gasteiger charge is -2.27. The number of rotatable bonds is 5. The van der Waals surface area contributed by atoms with Crippen LogP contribution in [0.2, 0.25) is 5.02 Å². The van der Waals surface area contributed by atoms with Crippen LogP contribution < -0.4 is 16.0 Å². The van der Waals surface area contributed by atoms with Gasteiger partial charge in [0.05, 0.1) is 41.5 Å². The van der Waals surface area contributed by atoms with E-state index in [1.807, 2.05) is 25.1 Å². The van der Waals surface area contributed by atoms with Crippen molar-refractivity contribution in [3.05, 3.63) is 23.2 Å². The number of likely N-dealkylation sites (tertiary alicyclic amines) is 1. The average molecular weight is 439 g/mol. The zero-order valence-corrected chi connectivity index (χ0v) is 17.8. The van der Waals surface area contributed by atoms with Gasteiger partial charge in [0.25, 0.3) is 6.47 Å². The van der Waals surface area contributed by atoms with E-state index in [0.717, 1.165) is 18.5 Å². The number of benzene rings is 1. The average Bonchev–Trinajstić information content (AvgIpc) is 3.31. The summed E-state index contributed by atoms with van der Waals surface area (Å²) in [6, 6.07) is 5.38. The molecule has 0 aromatic heterocycles. The van der Waals surface area contributed by atoms with E-state index in [-0.39, 0.29) is 24.4 Å². The molecule has 1 aromatic rings. The summed E-state index contributed by atoms with van der Waals surface area (Å²) >= 11 is 6.13. The number of nitrogens with two attached hydrogens (primary N) is 1. The fourth-order valence-electron chi connectivity index (χ4n) is 4.90. The lowest BCUT2D eigenvalue weighted by molar-refractivity contribution is -0.136. The Morgan fingerprint density at radius 3 is 2.83 bits per heavy atom. The monoisotopic (exact) mass is 438 g/mol. The van der Waals surface area contributed by atoms with Gasteiger partial charge in [-0.25, -0.2) is 0 Å². The Kier molecular flexibility index (Phi) is 6.54. The minimum atomic E-state index is -0.530. The molecule has 3 fully saturated rings. The summed E-state index contributed by atoms with van der Waals surface area (Å²) in [6.07, 6.45) is 1.41. The second kappa shape index (κ2) is 8.79. The Hall–Kier alpha value is -2.36. The molecule has 1 spiro atoms. The van der Waals surface area contributed by atoms with Crippen molar-refractivity contribution in [2.45, 2.75) is 24.5 Å². The summed E-state index contributed by atoms with van der Waals surface area (Å²) in [7, 11) is 3.81. The summed E-state index contributed by atoms with van der Waals surface area (Å²) < 4.78 is 6.20. The number of nitrogens with zero attached hydrogens (tertiary/aromatic N) is 2. The summed E-state index contributed by atoms with van der Waals surface area (Å²) in [5, 5.41) is 10.4. The van der Waals surface area contributed by atoms with E-state index in [1.165, 1.54) is 0 Å². The van der Waals surface area contributed by atoms with E-state index in [0.29, 0.717) is 30.3 Å².